The van der Waals surface area contributed by atoms with Crippen LogP contribution in [0.15, 0.2) is 48.5 Å². The van der Waals surface area contributed by atoms with E-state index in [0.29, 0.717) is 11.3 Å². The Bertz CT molecular complexity index is 1000. The number of benzene rings is 2. The van der Waals surface area contributed by atoms with Crippen molar-refractivity contribution in [2.45, 2.75) is 6.61 Å². The fourth-order valence-corrected chi connectivity index (χ4v) is 2.56. The van der Waals surface area contributed by atoms with Gasteiger partial charge in [-0.2, -0.15) is 0 Å². The van der Waals surface area contributed by atoms with Crippen LogP contribution >= 0.6 is 0 Å². The van der Waals surface area contributed by atoms with Gasteiger partial charge in [0.05, 0.1) is 13.7 Å². The highest BCUT2D eigenvalue weighted by molar-refractivity contribution is 6.11. The number of hydrogen-bond donors (Lipinski definition) is 2. The van der Waals surface area contributed by atoms with E-state index in [1.807, 2.05) is 0 Å². The first-order chi connectivity index (χ1) is 13.5. The summed E-state index contributed by atoms with van der Waals surface area (Å²) in [7, 11) is 2.98. The molecule has 8 nitrogen and oxygen atoms in total. The highest BCUT2D eigenvalue weighted by atomic mass is 19.1. The number of amidine groups is 1. The first-order valence-corrected chi connectivity index (χ1v) is 8.28. The van der Waals surface area contributed by atoms with Gasteiger partial charge >= 0.3 is 0 Å². The summed E-state index contributed by atoms with van der Waals surface area (Å²) in [5.41, 5.74) is 0.853. The molecular formula is C19H18FN5O3. The normalized spacial score (nSPS) is 10.5. The summed E-state index contributed by atoms with van der Waals surface area (Å²) >= 11 is 0. The van der Waals surface area contributed by atoms with Gasteiger partial charge in [0.25, 0.3) is 5.91 Å². The molecule has 1 aromatic heterocycles. The lowest BCUT2D eigenvalue weighted by atomic mass is 10.2. The molecule has 0 spiro atoms. The molecule has 0 atom stereocenters. The summed E-state index contributed by atoms with van der Waals surface area (Å²) < 4.78 is 25.5. The minimum atomic E-state index is -0.643. The van der Waals surface area contributed by atoms with Crippen molar-refractivity contribution in [1.82, 2.24) is 20.3 Å². The van der Waals surface area contributed by atoms with E-state index >= 15 is 0 Å². The van der Waals surface area contributed by atoms with Crippen molar-refractivity contribution in [3.63, 3.8) is 0 Å². The average Bonchev–Trinajstić information content (AvgIpc) is 3.12. The topological polar surface area (TPSA) is 102 Å². The molecule has 0 aliphatic heterocycles. The average molecular weight is 383 g/mol. The predicted octanol–water partition coefficient (Wildman–Crippen LogP) is 2.32. The van der Waals surface area contributed by atoms with E-state index in [1.165, 1.54) is 23.9 Å². The molecule has 3 aromatic rings. The Labute approximate surface area is 160 Å². The van der Waals surface area contributed by atoms with Crippen molar-refractivity contribution in [3.8, 4) is 11.4 Å². The number of rotatable bonds is 6. The number of carbonyl (C=O) groups excluding carboxylic acids is 1. The summed E-state index contributed by atoms with van der Waals surface area (Å²) in [6.45, 7) is -0.0139. The predicted molar refractivity (Wildman–Crippen MR) is 99.3 cm³/mol. The largest absolute Gasteiger partial charge is 0.497 e. The van der Waals surface area contributed by atoms with Gasteiger partial charge in [0, 0.05) is 12.7 Å². The minimum Gasteiger partial charge on any atom is -0.497 e. The Morgan fingerprint density at radius 3 is 2.54 bits per heavy atom. The molecule has 1 amide bonds. The first-order valence-electron chi connectivity index (χ1n) is 8.28. The number of hydrogen-bond acceptors (Lipinski definition) is 6. The van der Waals surface area contributed by atoms with Crippen LogP contribution in [0, 0.1) is 11.2 Å². The lowest BCUT2D eigenvalue weighted by Crippen LogP contribution is -2.31. The maximum Gasteiger partial charge on any atom is 0.279 e. The molecule has 0 aliphatic carbocycles. The zero-order valence-electron chi connectivity index (χ0n) is 15.3. The lowest BCUT2D eigenvalue weighted by molar-refractivity contribution is 0.0966. The number of halogens is 1. The van der Waals surface area contributed by atoms with Crippen LogP contribution in [0.5, 0.6) is 5.75 Å². The molecule has 1 heterocycles. The van der Waals surface area contributed by atoms with E-state index in [1.54, 1.807) is 43.5 Å². The summed E-state index contributed by atoms with van der Waals surface area (Å²) in [4.78, 5) is 12.6. The van der Waals surface area contributed by atoms with Gasteiger partial charge in [0.2, 0.25) is 0 Å². The van der Waals surface area contributed by atoms with Crippen molar-refractivity contribution in [3.05, 3.63) is 71.3 Å². The van der Waals surface area contributed by atoms with Crippen molar-refractivity contribution < 1.29 is 18.7 Å². The van der Waals surface area contributed by atoms with Gasteiger partial charge in [0.15, 0.2) is 5.69 Å². The second-order valence-electron chi connectivity index (χ2n) is 5.74. The summed E-state index contributed by atoms with van der Waals surface area (Å²) in [5.74, 6) is -0.632. The van der Waals surface area contributed by atoms with Crippen LogP contribution in [0.4, 0.5) is 4.39 Å². The van der Waals surface area contributed by atoms with Crippen molar-refractivity contribution in [2.24, 2.45) is 0 Å². The van der Waals surface area contributed by atoms with Crippen LogP contribution in [0.1, 0.15) is 21.7 Å². The number of amides is 1. The monoisotopic (exact) mass is 383 g/mol. The molecule has 3 rings (SSSR count). The molecule has 0 saturated carbocycles. The molecule has 0 unspecified atom stereocenters. The van der Waals surface area contributed by atoms with Gasteiger partial charge in [0.1, 0.15) is 28.8 Å². The number of para-hydroxylation sites is 1. The third-order valence-corrected chi connectivity index (χ3v) is 3.96. The number of carbonyl (C=O) groups is 1. The van der Waals surface area contributed by atoms with Gasteiger partial charge in [-0.05, 0) is 36.4 Å². The minimum absolute atomic E-state index is 0.0139. The molecule has 0 fully saturated rings. The first kappa shape index (κ1) is 19.2. The van der Waals surface area contributed by atoms with Gasteiger partial charge in [-0.3, -0.25) is 10.2 Å². The van der Waals surface area contributed by atoms with Crippen LogP contribution in [-0.2, 0) is 11.3 Å². The third kappa shape index (κ3) is 3.89. The van der Waals surface area contributed by atoms with Crippen molar-refractivity contribution in [2.75, 3.05) is 14.2 Å². The van der Waals surface area contributed by atoms with E-state index in [0.717, 1.165) is 0 Å². The highest BCUT2D eigenvalue weighted by Gasteiger charge is 2.23. The Kier molecular flexibility index (Phi) is 5.75. The summed E-state index contributed by atoms with van der Waals surface area (Å²) in [6, 6.07) is 12.7. The van der Waals surface area contributed by atoms with E-state index in [9.17, 15) is 9.18 Å². The zero-order chi connectivity index (χ0) is 20.1. The van der Waals surface area contributed by atoms with Gasteiger partial charge in [-0.25, -0.2) is 9.07 Å². The Balaban J connectivity index is 1.87. The molecule has 0 saturated heterocycles. The van der Waals surface area contributed by atoms with Crippen LogP contribution in [0.3, 0.4) is 0 Å². The molecule has 9 heteroatoms. The van der Waals surface area contributed by atoms with Gasteiger partial charge in [-0.15, -0.1) is 5.10 Å². The number of aromatic nitrogens is 3. The number of methoxy groups -OCH3 is 2. The molecule has 2 aromatic carbocycles. The number of nitrogens with zero attached hydrogens (tertiary/aromatic N) is 3. The van der Waals surface area contributed by atoms with E-state index in [2.05, 4.69) is 15.6 Å². The molecule has 0 aliphatic rings. The van der Waals surface area contributed by atoms with E-state index in [4.69, 9.17) is 14.9 Å². The highest BCUT2D eigenvalue weighted by Crippen LogP contribution is 2.17. The Morgan fingerprint density at radius 2 is 1.89 bits per heavy atom. The number of nitrogens with one attached hydrogen (secondary N) is 2. The van der Waals surface area contributed by atoms with Crippen LogP contribution in [0.2, 0.25) is 0 Å². The van der Waals surface area contributed by atoms with E-state index < -0.39 is 11.7 Å². The molecule has 144 valence electrons. The molecule has 2 N–H and O–H groups in total. The molecule has 28 heavy (non-hydrogen) atoms. The maximum atomic E-state index is 14.1. The van der Waals surface area contributed by atoms with Crippen LogP contribution < -0.4 is 10.1 Å². The smallest absolute Gasteiger partial charge is 0.279 e. The standard InChI is InChI=1S/C19H18FN5O3/c1-27-11-16-17(23-24-25(16)15-6-4-3-5-14(15)20)19(26)22-18(21)12-7-9-13(28-2)10-8-12/h3-10H,11H2,1-2H3,(H2,21,22,26). The lowest BCUT2D eigenvalue weighted by Gasteiger charge is -2.09. The molecule has 0 radical (unpaired) electrons. The van der Waals surface area contributed by atoms with Gasteiger partial charge in [-0.1, -0.05) is 17.3 Å². The zero-order valence-corrected chi connectivity index (χ0v) is 15.3. The van der Waals surface area contributed by atoms with Crippen LogP contribution in [-0.4, -0.2) is 41.0 Å². The van der Waals surface area contributed by atoms with Crippen LogP contribution in [0.25, 0.3) is 5.69 Å². The van der Waals surface area contributed by atoms with E-state index in [-0.39, 0.29) is 29.5 Å². The molecule has 0 bridgehead atoms. The number of ether oxygens (including phenoxy) is 2. The second kappa shape index (κ2) is 8.40. The SMILES string of the molecule is COCc1c(C(=O)NC(=N)c2ccc(OC)cc2)nnn1-c1ccccc1F. The summed E-state index contributed by atoms with van der Waals surface area (Å²) in [6.07, 6.45) is 0. The second-order valence-corrected chi connectivity index (χ2v) is 5.74. The van der Waals surface area contributed by atoms with Gasteiger partial charge < -0.3 is 14.8 Å². The quantitative estimate of drug-likeness (QED) is 0.502. The van der Waals surface area contributed by atoms with Crippen molar-refractivity contribution >= 4 is 11.7 Å². The summed E-state index contributed by atoms with van der Waals surface area (Å²) in [5, 5.41) is 18.3. The molecular weight excluding hydrogens is 365 g/mol. The Morgan fingerprint density at radius 1 is 1.18 bits per heavy atom. The fraction of sp³-hybridized carbons (Fsp3) is 0.158. The fourth-order valence-electron chi connectivity index (χ4n) is 2.56. The van der Waals surface area contributed by atoms with Crippen molar-refractivity contribution in [1.29, 1.82) is 5.41 Å². The Hall–Kier alpha value is -3.59. The maximum absolute atomic E-state index is 14.1. The third-order valence-electron chi connectivity index (χ3n) is 3.96.